The maximum Gasteiger partial charge on any atom is 0.149 e. The molecule has 0 bridgehead atoms. The average Bonchev–Trinajstić information content (AvgIpc) is 2.46. The topological polar surface area (TPSA) is 54.7 Å². The molecule has 0 amide bonds. The second kappa shape index (κ2) is 6.75. The number of oxime groups is 1. The molecule has 0 radical (unpaired) electrons. The molecule has 2 rings (SSSR count). The van der Waals surface area contributed by atoms with Gasteiger partial charge in [0, 0.05) is 12.6 Å². The summed E-state index contributed by atoms with van der Waals surface area (Å²) in [7, 11) is 0. The fraction of sp³-hybridized carbons (Fsp3) is 0.143. The number of pyridine rings is 1. The zero-order chi connectivity index (χ0) is 13.5. The second-order valence-electron chi connectivity index (χ2n) is 3.91. The van der Waals surface area contributed by atoms with Crippen LogP contribution < -0.4 is 4.74 Å². The van der Waals surface area contributed by atoms with Gasteiger partial charge in [0.15, 0.2) is 0 Å². The Hall–Kier alpha value is -2.07. The predicted octanol–water partition coefficient (Wildman–Crippen LogP) is 3.23. The van der Waals surface area contributed by atoms with Gasteiger partial charge >= 0.3 is 0 Å². The first-order valence-electron chi connectivity index (χ1n) is 5.76. The highest BCUT2D eigenvalue weighted by molar-refractivity contribution is 6.65. The molecule has 0 saturated carbocycles. The van der Waals surface area contributed by atoms with E-state index in [9.17, 15) is 0 Å². The smallest absolute Gasteiger partial charge is 0.149 e. The van der Waals surface area contributed by atoms with E-state index in [1.54, 1.807) is 6.20 Å². The van der Waals surface area contributed by atoms with Crippen molar-refractivity contribution >= 4 is 16.8 Å². The van der Waals surface area contributed by atoms with Gasteiger partial charge in [-0.2, -0.15) is 0 Å². The normalized spacial score (nSPS) is 11.3. The van der Waals surface area contributed by atoms with Gasteiger partial charge in [0.1, 0.15) is 17.5 Å². The highest BCUT2D eigenvalue weighted by atomic mass is 35.5. The van der Waals surface area contributed by atoms with Gasteiger partial charge in [0.2, 0.25) is 0 Å². The maximum absolute atomic E-state index is 8.53. The van der Waals surface area contributed by atoms with Crippen molar-refractivity contribution in [2.45, 2.75) is 13.0 Å². The molecule has 0 aliphatic carbocycles. The van der Waals surface area contributed by atoms with Crippen molar-refractivity contribution in [1.29, 1.82) is 0 Å². The Labute approximate surface area is 116 Å². The molecule has 0 atom stereocenters. The summed E-state index contributed by atoms with van der Waals surface area (Å²) in [6.45, 7) is 0.409. The van der Waals surface area contributed by atoms with Crippen LogP contribution in [-0.4, -0.2) is 15.4 Å². The molecular weight excluding hydrogens is 264 g/mol. The van der Waals surface area contributed by atoms with Crippen molar-refractivity contribution in [2.24, 2.45) is 5.16 Å². The lowest BCUT2D eigenvalue weighted by Gasteiger charge is -2.07. The van der Waals surface area contributed by atoms with Gasteiger partial charge in [-0.25, -0.2) is 0 Å². The lowest BCUT2D eigenvalue weighted by Crippen LogP contribution is -1.99. The summed E-state index contributed by atoms with van der Waals surface area (Å²) in [5.41, 5.74) is 1.78. The molecule has 0 unspecified atom stereocenters. The minimum Gasteiger partial charge on any atom is -0.487 e. The highest BCUT2D eigenvalue weighted by Crippen LogP contribution is 2.16. The molecule has 1 N–H and O–H groups in total. The van der Waals surface area contributed by atoms with Crippen LogP contribution in [0.1, 0.15) is 11.3 Å². The van der Waals surface area contributed by atoms with Crippen LogP contribution in [0.25, 0.3) is 0 Å². The summed E-state index contributed by atoms with van der Waals surface area (Å²) in [6.07, 6.45) is 2.10. The average molecular weight is 277 g/mol. The van der Waals surface area contributed by atoms with E-state index < -0.39 is 0 Å². The third kappa shape index (κ3) is 4.26. The van der Waals surface area contributed by atoms with Gasteiger partial charge in [0.05, 0.1) is 5.69 Å². The van der Waals surface area contributed by atoms with Gasteiger partial charge in [-0.1, -0.05) is 35.0 Å². The summed E-state index contributed by atoms with van der Waals surface area (Å²) in [5, 5.41) is 11.6. The fourth-order valence-electron chi connectivity index (χ4n) is 1.59. The number of rotatable bonds is 5. The molecule has 0 spiro atoms. The first kappa shape index (κ1) is 13.4. The monoisotopic (exact) mass is 276 g/mol. The van der Waals surface area contributed by atoms with Crippen molar-refractivity contribution in [3.63, 3.8) is 0 Å². The van der Waals surface area contributed by atoms with Gasteiger partial charge in [-0.15, -0.1) is 0 Å². The van der Waals surface area contributed by atoms with Crippen LogP contribution in [0.3, 0.4) is 0 Å². The second-order valence-corrected chi connectivity index (χ2v) is 4.35. The third-order valence-corrected chi connectivity index (χ3v) is 2.68. The molecule has 1 aromatic carbocycles. The highest BCUT2D eigenvalue weighted by Gasteiger charge is 2.02. The Kier molecular flexibility index (Phi) is 4.75. The van der Waals surface area contributed by atoms with Gasteiger partial charge < -0.3 is 9.94 Å². The number of hydrogen-bond acceptors (Lipinski definition) is 4. The van der Waals surface area contributed by atoms with E-state index in [0.29, 0.717) is 13.0 Å². The lowest BCUT2D eigenvalue weighted by atomic mass is 10.1. The molecule has 98 valence electrons. The lowest BCUT2D eigenvalue weighted by molar-refractivity contribution is 0.301. The zero-order valence-corrected chi connectivity index (χ0v) is 10.9. The fourth-order valence-corrected chi connectivity index (χ4v) is 1.74. The molecule has 2 aromatic rings. The molecule has 5 heteroatoms. The van der Waals surface area contributed by atoms with E-state index in [1.165, 1.54) is 0 Å². The Bertz CT molecular complexity index is 558. The van der Waals surface area contributed by atoms with Crippen molar-refractivity contribution in [3.8, 4) is 5.75 Å². The first-order chi connectivity index (χ1) is 9.28. The van der Waals surface area contributed by atoms with Crippen molar-refractivity contribution < 1.29 is 9.94 Å². The maximum atomic E-state index is 8.53. The number of hydrogen-bond donors (Lipinski definition) is 1. The Morgan fingerprint density at radius 3 is 2.89 bits per heavy atom. The van der Waals surface area contributed by atoms with Crippen LogP contribution in [0.4, 0.5) is 0 Å². The molecule has 1 aromatic heterocycles. The van der Waals surface area contributed by atoms with E-state index in [-0.39, 0.29) is 5.17 Å². The van der Waals surface area contributed by atoms with Gasteiger partial charge in [-0.3, -0.25) is 4.98 Å². The van der Waals surface area contributed by atoms with E-state index in [1.807, 2.05) is 42.5 Å². The van der Waals surface area contributed by atoms with E-state index in [0.717, 1.165) is 17.0 Å². The molecule has 0 saturated heterocycles. The SMILES string of the molecule is O/N=C(\Cl)Cc1cccc(OCc2ccccn2)c1. The Balaban J connectivity index is 1.99. The molecule has 0 aliphatic rings. The summed E-state index contributed by atoms with van der Waals surface area (Å²) >= 11 is 5.67. The van der Waals surface area contributed by atoms with Gasteiger partial charge in [-0.05, 0) is 29.8 Å². The van der Waals surface area contributed by atoms with Crippen LogP contribution in [0.15, 0.2) is 53.8 Å². The molecule has 0 aliphatic heterocycles. The molecular formula is C14H13ClN2O2. The van der Waals surface area contributed by atoms with Crippen LogP contribution in [0.5, 0.6) is 5.75 Å². The molecule has 1 heterocycles. The first-order valence-corrected chi connectivity index (χ1v) is 6.14. The van der Waals surface area contributed by atoms with Crippen LogP contribution in [-0.2, 0) is 13.0 Å². The van der Waals surface area contributed by atoms with Crippen molar-refractivity contribution in [3.05, 3.63) is 59.9 Å². The van der Waals surface area contributed by atoms with E-state index in [2.05, 4.69) is 10.1 Å². The number of benzene rings is 1. The van der Waals surface area contributed by atoms with E-state index in [4.69, 9.17) is 21.5 Å². The van der Waals surface area contributed by atoms with Crippen molar-refractivity contribution in [1.82, 2.24) is 4.98 Å². The predicted molar refractivity (Wildman–Crippen MR) is 73.8 cm³/mol. The molecule has 0 fully saturated rings. The van der Waals surface area contributed by atoms with Crippen molar-refractivity contribution in [2.75, 3.05) is 0 Å². The zero-order valence-electron chi connectivity index (χ0n) is 10.2. The number of halogens is 1. The Morgan fingerprint density at radius 2 is 2.16 bits per heavy atom. The van der Waals surface area contributed by atoms with Gasteiger partial charge in [0.25, 0.3) is 0 Å². The third-order valence-electron chi connectivity index (χ3n) is 2.47. The summed E-state index contributed by atoms with van der Waals surface area (Å²) < 4.78 is 5.64. The number of aromatic nitrogens is 1. The molecule has 19 heavy (non-hydrogen) atoms. The quantitative estimate of drug-likeness (QED) is 0.518. The minimum absolute atomic E-state index is 0.141. The number of ether oxygens (including phenoxy) is 1. The Morgan fingerprint density at radius 1 is 1.26 bits per heavy atom. The van der Waals surface area contributed by atoms with Crippen LogP contribution in [0, 0.1) is 0 Å². The molecule has 4 nitrogen and oxygen atoms in total. The summed E-state index contributed by atoms with van der Waals surface area (Å²) in [5.74, 6) is 0.727. The van der Waals surface area contributed by atoms with Crippen LogP contribution in [0.2, 0.25) is 0 Å². The standard InChI is InChI=1S/C14H13ClN2O2/c15-14(17-18)9-11-4-3-6-13(8-11)19-10-12-5-1-2-7-16-12/h1-8,18H,9-10H2/b17-14-. The van der Waals surface area contributed by atoms with E-state index >= 15 is 0 Å². The minimum atomic E-state index is 0.141. The van der Waals surface area contributed by atoms with Crippen LogP contribution >= 0.6 is 11.6 Å². The summed E-state index contributed by atoms with van der Waals surface area (Å²) in [6, 6.07) is 13.2. The summed E-state index contributed by atoms with van der Waals surface area (Å²) in [4.78, 5) is 4.18. The number of nitrogens with zero attached hydrogens (tertiary/aromatic N) is 2. The largest absolute Gasteiger partial charge is 0.487 e.